The summed E-state index contributed by atoms with van der Waals surface area (Å²) in [5.41, 5.74) is 4.54. The Morgan fingerprint density at radius 2 is 1.93 bits per heavy atom. The Kier molecular flexibility index (Phi) is 5.41. The molecule has 27 heavy (non-hydrogen) atoms. The van der Waals surface area contributed by atoms with Crippen molar-refractivity contribution < 1.29 is 9.47 Å². The second-order valence-corrected chi connectivity index (χ2v) is 6.63. The highest BCUT2D eigenvalue weighted by Gasteiger charge is 2.22. The van der Waals surface area contributed by atoms with Crippen LogP contribution in [0, 0.1) is 0 Å². The van der Waals surface area contributed by atoms with Gasteiger partial charge >= 0.3 is 0 Å². The fourth-order valence-corrected chi connectivity index (χ4v) is 3.26. The average Bonchev–Trinajstić information content (AvgIpc) is 3.11. The number of rotatable bonds is 7. The molecule has 1 N–H and O–H groups in total. The maximum Gasteiger partial charge on any atom is 0.153 e. The molecule has 1 aliphatic rings. The van der Waals surface area contributed by atoms with Crippen LogP contribution in [-0.2, 0) is 37.5 Å². The fraction of sp³-hybridized carbons (Fsp3) is 0.350. The number of nitrogens with one attached hydrogen (secondary N) is 1. The summed E-state index contributed by atoms with van der Waals surface area (Å²) in [6.45, 7) is 3.55. The van der Waals surface area contributed by atoms with Gasteiger partial charge in [0.15, 0.2) is 5.82 Å². The number of methoxy groups -OCH3 is 1. The minimum atomic E-state index is 0.438. The molecule has 0 amide bonds. The van der Waals surface area contributed by atoms with E-state index in [1.807, 2.05) is 42.7 Å². The zero-order chi connectivity index (χ0) is 18.5. The second-order valence-electron chi connectivity index (χ2n) is 6.63. The van der Waals surface area contributed by atoms with E-state index >= 15 is 0 Å². The first-order valence-electron chi connectivity index (χ1n) is 9.06. The predicted molar refractivity (Wildman–Crippen MR) is 99.9 cm³/mol. The van der Waals surface area contributed by atoms with Crippen LogP contribution in [0.15, 0.2) is 42.7 Å². The predicted octanol–water partition coefficient (Wildman–Crippen LogP) is 2.48. The standard InChI is InChI=1S/C20H23N5O2/c1-26-14-20-21-9-15(10-22-20)11-25-8-7-18-17(12-25)19(24-23-18)13-27-16-5-3-2-4-6-16/h2-6,9-10H,7-8,11-14H2,1H3,(H,23,24). The molecule has 0 saturated carbocycles. The molecule has 0 unspecified atom stereocenters. The van der Waals surface area contributed by atoms with E-state index in [0.717, 1.165) is 43.1 Å². The summed E-state index contributed by atoms with van der Waals surface area (Å²) >= 11 is 0. The fourth-order valence-electron chi connectivity index (χ4n) is 3.26. The van der Waals surface area contributed by atoms with Gasteiger partial charge in [-0.1, -0.05) is 18.2 Å². The number of benzene rings is 1. The van der Waals surface area contributed by atoms with Crippen LogP contribution in [0.3, 0.4) is 0 Å². The van der Waals surface area contributed by atoms with Gasteiger partial charge in [0, 0.05) is 62.4 Å². The number of aromatic nitrogens is 4. The highest BCUT2D eigenvalue weighted by atomic mass is 16.5. The van der Waals surface area contributed by atoms with Gasteiger partial charge < -0.3 is 9.47 Å². The van der Waals surface area contributed by atoms with Crippen molar-refractivity contribution in [2.75, 3.05) is 13.7 Å². The molecular weight excluding hydrogens is 342 g/mol. The largest absolute Gasteiger partial charge is 0.487 e. The summed E-state index contributed by atoms with van der Waals surface area (Å²) in [4.78, 5) is 11.1. The van der Waals surface area contributed by atoms with Crippen molar-refractivity contribution in [1.82, 2.24) is 25.1 Å². The van der Waals surface area contributed by atoms with Gasteiger partial charge in [0.1, 0.15) is 24.7 Å². The van der Waals surface area contributed by atoms with Crippen molar-refractivity contribution in [3.05, 3.63) is 71.1 Å². The summed E-state index contributed by atoms with van der Waals surface area (Å²) < 4.78 is 10.9. The number of ether oxygens (including phenoxy) is 2. The lowest BCUT2D eigenvalue weighted by molar-refractivity contribution is 0.177. The Balaban J connectivity index is 1.39. The van der Waals surface area contributed by atoms with Gasteiger partial charge in [-0.25, -0.2) is 9.97 Å². The third kappa shape index (κ3) is 4.32. The first-order chi connectivity index (χ1) is 13.3. The quantitative estimate of drug-likeness (QED) is 0.693. The zero-order valence-corrected chi connectivity index (χ0v) is 15.4. The van der Waals surface area contributed by atoms with E-state index in [9.17, 15) is 0 Å². The average molecular weight is 365 g/mol. The number of hydrogen-bond acceptors (Lipinski definition) is 6. The van der Waals surface area contributed by atoms with Gasteiger partial charge in [0.25, 0.3) is 0 Å². The Morgan fingerprint density at radius 1 is 1.11 bits per heavy atom. The van der Waals surface area contributed by atoms with E-state index in [2.05, 4.69) is 25.1 Å². The van der Waals surface area contributed by atoms with Crippen molar-refractivity contribution in [3.63, 3.8) is 0 Å². The molecule has 0 saturated heterocycles. The molecule has 7 nitrogen and oxygen atoms in total. The number of hydrogen-bond donors (Lipinski definition) is 1. The molecule has 4 rings (SSSR count). The number of nitrogens with zero attached hydrogens (tertiary/aromatic N) is 4. The smallest absolute Gasteiger partial charge is 0.153 e. The minimum Gasteiger partial charge on any atom is -0.487 e. The van der Waals surface area contributed by atoms with Crippen LogP contribution < -0.4 is 4.74 Å². The molecule has 2 aromatic heterocycles. The maximum absolute atomic E-state index is 5.87. The Morgan fingerprint density at radius 3 is 2.70 bits per heavy atom. The summed E-state index contributed by atoms with van der Waals surface area (Å²) in [7, 11) is 1.65. The van der Waals surface area contributed by atoms with E-state index < -0.39 is 0 Å². The van der Waals surface area contributed by atoms with E-state index in [1.54, 1.807) is 7.11 Å². The number of para-hydroxylation sites is 1. The van der Waals surface area contributed by atoms with Gasteiger partial charge in [-0.05, 0) is 12.1 Å². The van der Waals surface area contributed by atoms with Crippen LogP contribution in [0.5, 0.6) is 5.75 Å². The van der Waals surface area contributed by atoms with Crippen LogP contribution in [0.2, 0.25) is 0 Å². The lowest BCUT2D eigenvalue weighted by atomic mass is 10.1. The van der Waals surface area contributed by atoms with E-state index in [0.29, 0.717) is 19.0 Å². The molecule has 0 bridgehead atoms. The van der Waals surface area contributed by atoms with Crippen molar-refractivity contribution in [1.29, 1.82) is 0 Å². The normalized spacial score (nSPS) is 14.1. The third-order valence-corrected chi connectivity index (χ3v) is 4.66. The summed E-state index contributed by atoms with van der Waals surface area (Å²) in [5.74, 6) is 1.56. The molecule has 1 aliphatic heterocycles. The molecule has 0 fully saturated rings. The van der Waals surface area contributed by atoms with Crippen LogP contribution in [0.4, 0.5) is 0 Å². The van der Waals surface area contributed by atoms with Gasteiger partial charge in [-0.2, -0.15) is 5.10 Å². The molecular formula is C20H23N5O2. The molecule has 3 aromatic rings. The number of H-pyrrole nitrogens is 1. The maximum atomic E-state index is 5.87. The van der Waals surface area contributed by atoms with Crippen molar-refractivity contribution in [3.8, 4) is 5.75 Å². The van der Waals surface area contributed by atoms with Gasteiger partial charge in [-0.3, -0.25) is 10.00 Å². The summed E-state index contributed by atoms with van der Waals surface area (Å²) in [6.07, 6.45) is 4.72. The van der Waals surface area contributed by atoms with Crippen LogP contribution >= 0.6 is 0 Å². The highest BCUT2D eigenvalue weighted by molar-refractivity contribution is 5.28. The van der Waals surface area contributed by atoms with E-state index in [1.165, 1.54) is 11.3 Å². The topological polar surface area (TPSA) is 76.2 Å². The zero-order valence-electron chi connectivity index (χ0n) is 15.4. The molecule has 0 radical (unpaired) electrons. The summed E-state index contributed by atoms with van der Waals surface area (Å²) in [5, 5.41) is 7.64. The first kappa shape index (κ1) is 17.6. The van der Waals surface area contributed by atoms with Crippen molar-refractivity contribution in [2.45, 2.75) is 32.7 Å². The molecule has 0 spiro atoms. The lowest BCUT2D eigenvalue weighted by Gasteiger charge is -2.26. The second kappa shape index (κ2) is 8.28. The van der Waals surface area contributed by atoms with Crippen molar-refractivity contribution in [2.24, 2.45) is 0 Å². The third-order valence-electron chi connectivity index (χ3n) is 4.66. The van der Waals surface area contributed by atoms with E-state index in [4.69, 9.17) is 9.47 Å². The molecule has 0 atom stereocenters. The van der Waals surface area contributed by atoms with Crippen LogP contribution in [-0.4, -0.2) is 38.7 Å². The highest BCUT2D eigenvalue weighted by Crippen LogP contribution is 2.23. The first-order valence-corrected chi connectivity index (χ1v) is 9.06. The Labute approximate surface area is 158 Å². The molecule has 0 aliphatic carbocycles. The molecule has 140 valence electrons. The van der Waals surface area contributed by atoms with Crippen LogP contribution in [0.25, 0.3) is 0 Å². The minimum absolute atomic E-state index is 0.438. The molecule has 1 aromatic carbocycles. The lowest BCUT2D eigenvalue weighted by Crippen LogP contribution is -2.30. The van der Waals surface area contributed by atoms with Gasteiger partial charge in [-0.15, -0.1) is 0 Å². The number of fused-ring (bicyclic) bond motifs is 1. The van der Waals surface area contributed by atoms with E-state index in [-0.39, 0.29) is 0 Å². The molecule has 3 heterocycles. The summed E-state index contributed by atoms with van der Waals surface area (Å²) in [6, 6.07) is 9.83. The van der Waals surface area contributed by atoms with Gasteiger partial charge in [0.05, 0.1) is 0 Å². The Bertz CT molecular complexity index is 864. The SMILES string of the molecule is COCc1ncc(CN2CCc3[nH]nc(COc4ccccc4)c3C2)cn1. The number of aromatic amines is 1. The van der Waals surface area contributed by atoms with Gasteiger partial charge in [0.2, 0.25) is 0 Å². The van der Waals surface area contributed by atoms with Crippen molar-refractivity contribution >= 4 is 0 Å². The Hall–Kier alpha value is -2.77. The van der Waals surface area contributed by atoms with Crippen LogP contribution in [0.1, 0.15) is 28.3 Å². The monoisotopic (exact) mass is 365 g/mol. The molecule has 7 heteroatoms.